The van der Waals surface area contributed by atoms with Gasteiger partial charge in [0.15, 0.2) is 0 Å². The zero-order valence-corrected chi connectivity index (χ0v) is 18.1. The van der Waals surface area contributed by atoms with Crippen LogP contribution in [0.5, 0.6) is 11.5 Å². The summed E-state index contributed by atoms with van der Waals surface area (Å²) in [7, 11) is 0. The molecule has 0 atom stereocenters. The van der Waals surface area contributed by atoms with Gasteiger partial charge in [0.2, 0.25) is 0 Å². The Bertz CT molecular complexity index is 744. The van der Waals surface area contributed by atoms with Crippen LogP contribution in [0.15, 0.2) is 48.5 Å². The van der Waals surface area contributed by atoms with Crippen molar-refractivity contribution in [3.05, 3.63) is 59.7 Å². The highest BCUT2D eigenvalue weighted by Gasteiger charge is 2.32. The molecular weight excluding hydrogens is 376 g/mol. The Morgan fingerprint density at radius 1 is 0.667 bits per heavy atom. The molecule has 4 nitrogen and oxygen atoms in total. The molecule has 2 aromatic rings. The summed E-state index contributed by atoms with van der Waals surface area (Å²) in [5.41, 5.74) is 2.49. The molecule has 0 radical (unpaired) electrons. The van der Waals surface area contributed by atoms with Crippen LogP contribution < -0.4 is 9.47 Å². The molecule has 3 rings (SSSR count). The van der Waals surface area contributed by atoms with E-state index in [0.717, 1.165) is 25.7 Å². The molecule has 0 bridgehead atoms. The van der Waals surface area contributed by atoms with Crippen LogP contribution in [0.4, 0.5) is 0 Å². The highest BCUT2D eigenvalue weighted by molar-refractivity contribution is 5.77. The maximum Gasteiger partial charge on any atom is 0.314 e. The molecule has 0 aromatic heterocycles. The van der Waals surface area contributed by atoms with Gasteiger partial charge >= 0.3 is 11.9 Å². The van der Waals surface area contributed by atoms with Crippen molar-refractivity contribution in [2.24, 2.45) is 11.8 Å². The van der Waals surface area contributed by atoms with Gasteiger partial charge in [-0.1, -0.05) is 51.0 Å². The van der Waals surface area contributed by atoms with E-state index in [2.05, 4.69) is 13.8 Å². The second kappa shape index (κ2) is 11.0. The molecule has 4 heteroatoms. The van der Waals surface area contributed by atoms with Crippen LogP contribution in [0, 0.1) is 11.8 Å². The van der Waals surface area contributed by atoms with E-state index in [4.69, 9.17) is 9.47 Å². The molecule has 0 N–H and O–H groups in total. The number of carbonyl (C=O) groups is 2. The van der Waals surface area contributed by atoms with E-state index in [9.17, 15) is 9.59 Å². The third kappa shape index (κ3) is 6.19. The Balaban J connectivity index is 1.45. The van der Waals surface area contributed by atoms with Crippen molar-refractivity contribution in [3.8, 4) is 11.5 Å². The molecule has 0 saturated heterocycles. The van der Waals surface area contributed by atoms with Crippen molar-refractivity contribution in [1.82, 2.24) is 0 Å². The van der Waals surface area contributed by atoms with Gasteiger partial charge in [-0.2, -0.15) is 0 Å². The van der Waals surface area contributed by atoms with Crippen molar-refractivity contribution in [1.29, 1.82) is 0 Å². The topological polar surface area (TPSA) is 52.6 Å². The summed E-state index contributed by atoms with van der Waals surface area (Å²) in [6.45, 7) is 4.28. The van der Waals surface area contributed by atoms with E-state index in [1.54, 1.807) is 0 Å². The molecule has 1 saturated carbocycles. The van der Waals surface area contributed by atoms with Crippen LogP contribution in [-0.2, 0) is 22.4 Å². The van der Waals surface area contributed by atoms with E-state index >= 15 is 0 Å². The van der Waals surface area contributed by atoms with Crippen LogP contribution in [0.3, 0.4) is 0 Å². The lowest BCUT2D eigenvalue weighted by Crippen LogP contribution is -2.30. The van der Waals surface area contributed by atoms with Gasteiger partial charge in [-0.3, -0.25) is 9.59 Å². The Hall–Kier alpha value is -2.62. The van der Waals surface area contributed by atoms with Crippen molar-refractivity contribution < 1.29 is 19.1 Å². The molecule has 0 unspecified atom stereocenters. The lowest BCUT2D eigenvalue weighted by Gasteiger charge is -2.25. The van der Waals surface area contributed by atoms with Gasteiger partial charge in [0, 0.05) is 0 Å². The number of esters is 2. The van der Waals surface area contributed by atoms with Crippen LogP contribution in [0.25, 0.3) is 0 Å². The Morgan fingerprint density at radius 3 is 1.30 bits per heavy atom. The highest BCUT2D eigenvalue weighted by Crippen LogP contribution is 2.31. The van der Waals surface area contributed by atoms with Crippen molar-refractivity contribution in [2.75, 3.05) is 0 Å². The second-order valence-corrected chi connectivity index (χ2v) is 8.18. The summed E-state index contributed by atoms with van der Waals surface area (Å²) in [5.74, 6) is 0.476. The molecule has 1 aliphatic rings. The molecule has 160 valence electrons. The van der Waals surface area contributed by atoms with Crippen LogP contribution >= 0.6 is 0 Å². The largest absolute Gasteiger partial charge is 0.426 e. The fourth-order valence-corrected chi connectivity index (χ4v) is 3.99. The van der Waals surface area contributed by atoms with Gasteiger partial charge in [0.1, 0.15) is 11.5 Å². The lowest BCUT2D eigenvalue weighted by molar-refractivity contribution is -0.145. The fourth-order valence-electron chi connectivity index (χ4n) is 3.99. The number of carbonyl (C=O) groups excluding carboxylic acids is 2. The monoisotopic (exact) mass is 408 g/mol. The second-order valence-electron chi connectivity index (χ2n) is 8.18. The van der Waals surface area contributed by atoms with E-state index < -0.39 is 0 Å². The zero-order valence-electron chi connectivity index (χ0n) is 18.1. The first kappa shape index (κ1) is 22.1. The molecular formula is C26H32O4. The number of benzene rings is 2. The quantitative estimate of drug-likeness (QED) is 0.402. The van der Waals surface area contributed by atoms with Crippen LogP contribution in [-0.4, -0.2) is 11.9 Å². The van der Waals surface area contributed by atoms with E-state index in [-0.39, 0.29) is 23.8 Å². The normalized spacial score (nSPS) is 18.6. The minimum atomic E-state index is -0.198. The molecule has 0 aliphatic heterocycles. The molecule has 30 heavy (non-hydrogen) atoms. The third-order valence-corrected chi connectivity index (χ3v) is 5.75. The van der Waals surface area contributed by atoms with Gasteiger partial charge in [-0.15, -0.1) is 0 Å². The Morgan fingerprint density at radius 2 is 1.00 bits per heavy atom. The third-order valence-electron chi connectivity index (χ3n) is 5.75. The zero-order chi connectivity index (χ0) is 21.3. The molecule has 2 aromatic carbocycles. The van der Waals surface area contributed by atoms with Crippen molar-refractivity contribution >= 4 is 11.9 Å². The van der Waals surface area contributed by atoms with Gasteiger partial charge in [-0.05, 0) is 73.9 Å². The summed E-state index contributed by atoms with van der Waals surface area (Å²) in [6, 6.07) is 15.5. The molecule has 1 aliphatic carbocycles. The first-order chi connectivity index (χ1) is 14.6. The lowest BCUT2D eigenvalue weighted by atomic mass is 9.82. The minimum Gasteiger partial charge on any atom is -0.426 e. The van der Waals surface area contributed by atoms with Gasteiger partial charge in [-0.25, -0.2) is 0 Å². The number of rotatable bonds is 8. The SMILES string of the molecule is CCCc1ccc(OC(=O)[C@H]2CC[C@H](C(=O)Oc3ccc(CCC)cc3)CC2)cc1. The van der Waals surface area contributed by atoms with Gasteiger partial charge < -0.3 is 9.47 Å². The molecule has 0 spiro atoms. The van der Waals surface area contributed by atoms with Crippen LogP contribution in [0.1, 0.15) is 63.5 Å². The standard InChI is InChI=1S/C26H32O4/c1-3-5-19-7-15-23(16-8-19)29-25(27)21-11-13-22(14-12-21)26(28)30-24-17-9-20(6-4-2)10-18-24/h7-10,15-18,21-22H,3-6,11-14H2,1-2H3/t21-,22-. The van der Waals surface area contributed by atoms with Crippen molar-refractivity contribution in [3.63, 3.8) is 0 Å². The first-order valence-corrected chi connectivity index (χ1v) is 11.2. The number of hydrogen-bond donors (Lipinski definition) is 0. The van der Waals surface area contributed by atoms with Gasteiger partial charge in [0.25, 0.3) is 0 Å². The van der Waals surface area contributed by atoms with Crippen LogP contribution in [0.2, 0.25) is 0 Å². The highest BCUT2D eigenvalue weighted by atomic mass is 16.5. The predicted octanol–water partition coefficient (Wildman–Crippen LogP) is 5.91. The Kier molecular flexibility index (Phi) is 8.06. The van der Waals surface area contributed by atoms with Crippen molar-refractivity contribution in [2.45, 2.75) is 65.2 Å². The smallest absolute Gasteiger partial charge is 0.314 e. The molecule has 0 amide bonds. The first-order valence-electron chi connectivity index (χ1n) is 11.2. The Labute approximate surface area is 179 Å². The van der Waals surface area contributed by atoms with Gasteiger partial charge in [0.05, 0.1) is 11.8 Å². The minimum absolute atomic E-state index is 0.155. The summed E-state index contributed by atoms with van der Waals surface area (Å²) in [6.07, 6.45) is 6.85. The predicted molar refractivity (Wildman–Crippen MR) is 118 cm³/mol. The number of ether oxygens (including phenoxy) is 2. The summed E-state index contributed by atoms with van der Waals surface area (Å²) in [5, 5.41) is 0. The summed E-state index contributed by atoms with van der Waals surface area (Å²) in [4.78, 5) is 25.0. The van der Waals surface area contributed by atoms with E-state index in [0.29, 0.717) is 37.2 Å². The fraction of sp³-hybridized carbons (Fsp3) is 0.462. The average molecular weight is 409 g/mol. The average Bonchev–Trinajstić information content (AvgIpc) is 2.77. The molecule has 0 heterocycles. The van der Waals surface area contributed by atoms with E-state index in [1.807, 2.05) is 48.5 Å². The maximum absolute atomic E-state index is 12.5. The number of hydrogen-bond acceptors (Lipinski definition) is 4. The molecule has 1 fully saturated rings. The number of aryl methyl sites for hydroxylation is 2. The summed E-state index contributed by atoms with van der Waals surface area (Å²) >= 11 is 0. The maximum atomic E-state index is 12.5. The van der Waals surface area contributed by atoms with E-state index in [1.165, 1.54) is 11.1 Å². The summed E-state index contributed by atoms with van der Waals surface area (Å²) < 4.78 is 11.1.